The third-order valence-corrected chi connectivity index (χ3v) is 2.94. The van der Waals surface area contributed by atoms with Gasteiger partial charge in [0, 0.05) is 0 Å². The Balaban J connectivity index is 2.04. The van der Waals surface area contributed by atoms with E-state index in [0.29, 0.717) is 5.75 Å². The summed E-state index contributed by atoms with van der Waals surface area (Å²) in [6.45, 7) is 0.903. The normalized spacial score (nSPS) is 13.5. The van der Waals surface area contributed by atoms with Crippen LogP contribution in [0.1, 0.15) is 6.92 Å². The summed E-state index contributed by atoms with van der Waals surface area (Å²) >= 11 is 0. The van der Waals surface area contributed by atoms with Crippen LogP contribution in [0.5, 0.6) is 5.75 Å². The summed E-state index contributed by atoms with van der Waals surface area (Å²) in [5.74, 6) is -0.787. The van der Waals surface area contributed by atoms with Crippen molar-refractivity contribution in [3.8, 4) is 16.9 Å². The number of carboxylic acid groups (broad SMARTS) is 1. The molecule has 1 atom stereocenters. The lowest BCUT2D eigenvalue weighted by molar-refractivity contribution is -0.159. The molecular formula is C16H16O4. The molecule has 0 aliphatic heterocycles. The lowest BCUT2D eigenvalue weighted by atomic mass is 10.1. The maximum absolute atomic E-state index is 10.8. The maximum atomic E-state index is 10.8. The molecule has 0 fully saturated rings. The van der Waals surface area contributed by atoms with Crippen LogP contribution in [-0.4, -0.2) is 28.4 Å². The number of carbonyl (C=O) groups is 1. The topological polar surface area (TPSA) is 66.8 Å². The van der Waals surface area contributed by atoms with Gasteiger partial charge in [-0.2, -0.15) is 0 Å². The molecule has 0 aliphatic rings. The van der Waals surface area contributed by atoms with Crippen molar-refractivity contribution in [2.45, 2.75) is 12.5 Å². The van der Waals surface area contributed by atoms with E-state index >= 15 is 0 Å². The molecule has 2 aromatic rings. The van der Waals surface area contributed by atoms with E-state index in [-0.39, 0.29) is 6.61 Å². The highest BCUT2D eigenvalue weighted by Gasteiger charge is 2.30. The van der Waals surface area contributed by atoms with Crippen LogP contribution < -0.4 is 4.74 Å². The minimum Gasteiger partial charge on any atom is -0.490 e. The lowest BCUT2D eigenvalue weighted by Crippen LogP contribution is -2.41. The van der Waals surface area contributed by atoms with Gasteiger partial charge in [0.15, 0.2) is 5.60 Å². The van der Waals surface area contributed by atoms with Crippen molar-refractivity contribution in [2.24, 2.45) is 0 Å². The van der Waals surface area contributed by atoms with Crippen LogP contribution >= 0.6 is 0 Å². The number of ether oxygens (including phenoxy) is 1. The molecule has 0 aromatic heterocycles. The molecule has 0 saturated heterocycles. The second kappa shape index (κ2) is 5.75. The summed E-state index contributed by atoms with van der Waals surface area (Å²) in [4.78, 5) is 10.8. The Labute approximate surface area is 117 Å². The molecule has 1 unspecified atom stereocenters. The van der Waals surface area contributed by atoms with E-state index in [1.165, 1.54) is 6.92 Å². The number of aliphatic carboxylic acids is 1. The molecule has 2 N–H and O–H groups in total. The van der Waals surface area contributed by atoms with Crippen molar-refractivity contribution in [1.29, 1.82) is 0 Å². The highest BCUT2D eigenvalue weighted by molar-refractivity contribution is 5.76. The summed E-state index contributed by atoms with van der Waals surface area (Å²) in [6.07, 6.45) is 0. The van der Waals surface area contributed by atoms with Gasteiger partial charge in [0.25, 0.3) is 0 Å². The maximum Gasteiger partial charge on any atom is 0.339 e. The van der Waals surface area contributed by atoms with Crippen LogP contribution in [0.2, 0.25) is 0 Å². The highest BCUT2D eigenvalue weighted by Crippen LogP contribution is 2.22. The Kier molecular flexibility index (Phi) is 4.05. The number of hydrogen-bond donors (Lipinski definition) is 2. The Morgan fingerprint density at radius 2 is 1.60 bits per heavy atom. The molecule has 2 rings (SSSR count). The minimum atomic E-state index is -1.89. The van der Waals surface area contributed by atoms with Crippen LogP contribution in [0.25, 0.3) is 11.1 Å². The van der Waals surface area contributed by atoms with Gasteiger partial charge in [-0.25, -0.2) is 4.79 Å². The molecule has 0 aliphatic carbocycles. The smallest absolute Gasteiger partial charge is 0.339 e. The summed E-state index contributed by atoms with van der Waals surface area (Å²) in [5.41, 5.74) is 0.248. The molecular weight excluding hydrogens is 256 g/mol. The highest BCUT2D eigenvalue weighted by atomic mass is 16.5. The monoisotopic (exact) mass is 272 g/mol. The Morgan fingerprint density at radius 3 is 2.15 bits per heavy atom. The molecule has 0 bridgehead atoms. The fourth-order valence-corrected chi connectivity index (χ4v) is 1.66. The van der Waals surface area contributed by atoms with E-state index in [9.17, 15) is 9.90 Å². The van der Waals surface area contributed by atoms with E-state index in [4.69, 9.17) is 9.84 Å². The number of rotatable bonds is 5. The number of aliphatic hydroxyl groups is 1. The van der Waals surface area contributed by atoms with Gasteiger partial charge in [-0.3, -0.25) is 0 Å². The first kappa shape index (κ1) is 14.1. The molecule has 0 amide bonds. The van der Waals surface area contributed by atoms with Gasteiger partial charge in [0.1, 0.15) is 12.4 Å². The summed E-state index contributed by atoms with van der Waals surface area (Å²) in [5, 5.41) is 18.3. The Hall–Kier alpha value is -2.33. The van der Waals surface area contributed by atoms with Crippen LogP contribution in [-0.2, 0) is 4.79 Å². The van der Waals surface area contributed by atoms with Crippen LogP contribution in [0, 0.1) is 0 Å². The third kappa shape index (κ3) is 3.36. The Morgan fingerprint density at radius 1 is 1.05 bits per heavy atom. The Bertz CT molecular complexity index is 573. The molecule has 0 radical (unpaired) electrons. The first-order chi connectivity index (χ1) is 9.49. The first-order valence-electron chi connectivity index (χ1n) is 6.23. The predicted molar refractivity (Wildman–Crippen MR) is 75.6 cm³/mol. The summed E-state index contributed by atoms with van der Waals surface area (Å²) in [7, 11) is 0. The fraction of sp³-hybridized carbons (Fsp3) is 0.188. The standard InChI is InChI=1S/C16H16O4/c1-16(19,15(17)18)11-20-14-9-7-13(8-10-14)12-5-3-2-4-6-12/h2-10,19H,11H2,1H3,(H,17,18). The third-order valence-electron chi connectivity index (χ3n) is 2.94. The van der Waals surface area contributed by atoms with Gasteiger partial charge < -0.3 is 14.9 Å². The van der Waals surface area contributed by atoms with E-state index in [2.05, 4.69) is 0 Å². The number of benzene rings is 2. The van der Waals surface area contributed by atoms with Crippen molar-refractivity contribution in [3.05, 3.63) is 54.6 Å². The molecule has 0 saturated carbocycles. The SMILES string of the molecule is CC(O)(COc1ccc(-c2ccccc2)cc1)C(=O)O. The molecule has 104 valence electrons. The van der Waals surface area contributed by atoms with Gasteiger partial charge in [0.05, 0.1) is 0 Å². The van der Waals surface area contributed by atoms with Gasteiger partial charge >= 0.3 is 5.97 Å². The number of carboxylic acids is 1. The largest absolute Gasteiger partial charge is 0.490 e. The first-order valence-corrected chi connectivity index (χ1v) is 6.23. The molecule has 4 heteroatoms. The van der Waals surface area contributed by atoms with Gasteiger partial charge in [-0.1, -0.05) is 42.5 Å². The minimum absolute atomic E-state index is 0.299. The zero-order valence-electron chi connectivity index (χ0n) is 11.1. The van der Waals surface area contributed by atoms with Crippen molar-refractivity contribution in [2.75, 3.05) is 6.61 Å². The van der Waals surface area contributed by atoms with Crippen molar-refractivity contribution in [1.82, 2.24) is 0 Å². The fourth-order valence-electron chi connectivity index (χ4n) is 1.66. The second-order valence-electron chi connectivity index (χ2n) is 4.76. The van der Waals surface area contributed by atoms with Gasteiger partial charge in [-0.15, -0.1) is 0 Å². The van der Waals surface area contributed by atoms with Gasteiger partial charge in [0.2, 0.25) is 0 Å². The van der Waals surface area contributed by atoms with Crippen LogP contribution in [0.3, 0.4) is 0 Å². The zero-order valence-corrected chi connectivity index (χ0v) is 11.1. The lowest BCUT2D eigenvalue weighted by Gasteiger charge is -2.18. The van der Waals surface area contributed by atoms with Crippen LogP contribution in [0.4, 0.5) is 0 Å². The van der Waals surface area contributed by atoms with Crippen molar-refractivity contribution >= 4 is 5.97 Å². The van der Waals surface area contributed by atoms with Crippen molar-refractivity contribution < 1.29 is 19.7 Å². The zero-order chi connectivity index (χ0) is 14.6. The second-order valence-corrected chi connectivity index (χ2v) is 4.76. The van der Waals surface area contributed by atoms with Crippen LogP contribution in [0.15, 0.2) is 54.6 Å². The molecule has 0 spiro atoms. The summed E-state index contributed by atoms with van der Waals surface area (Å²) < 4.78 is 5.29. The predicted octanol–water partition coefficient (Wildman–Crippen LogP) is 2.57. The summed E-state index contributed by atoms with van der Waals surface area (Å²) in [6, 6.07) is 17.2. The average Bonchev–Trinajstić information content (AvgIpc) is 2.46. The van der Waals surface area contributed by atoms with Crippen molar-refractivity contribution in [3.63, 3.8) is 0 Å². The molecule has 4 nitrogen and oxygen atoms in total. The van der Waals surface area contributed by atoms with E-state index in [0.717, 1.165) is 11.1 Å². The molecule has 20 heavy (non-hydrogen) atoms. The van der Waals surface area contributed by atoms with Gasteiger partial charge in [-0.05, 0) is 30.2 Å². The number of hydrogen-bond acceptors (Lipinski definition) is 3. The molecule has 2 aromatic carbocycles. The van der Waals surface area contributed by atoms with E-state index in [1.54, 1.807) is 12.1 Å². The van der Waals surface area contributed by atoms with E-state index in [1.807, 2.05) is 42.5 Å². The quantitative estimate of drug-likeness (QED) is 0.878. The molecule has 0 heterocycles. The van der Waals surface area contributed by atoms with E-state index < -0.39 is 11.6 Å². The average molecular weight is 272 g/mol.